The first-order valence-corrected chi connectivity index (χ1v) is 8.06. The van der Waals surface area contributed by atoms with Crippen molar-refractivity contribution in [2.24, 2.45) is 0 Å². The Morgan fingerprint density at radius 3 is 1.65 bits per heavy atom. The number of hydrogen-bond acceptors (Lipinski definition) is 0. The molecule has 0 nitrogen and oxygen atoms in total. The molecule has 0 aromatic heterocycles. The van der Waals surface area contributed by atoms with Gasteiger partial charge in [-0.2, -0.15) is 0 Å². The summed E-state index contributed by atoms with van der Waals surface area (Å²) in [4.78, 5) is 0. The van der Waals surface area contributed by atoms with Gasteiger partial charge in [-0.1, -0.05) is 36.4 Å². The standard InChI is InChI=1S/C14H14I.BF4/c1-11-7-6-8-12(2)14(11)15-13-9-4-3-5-10-13;2-1(3,4)5/h3-10H,1-2H3;/q+1;-1. The number of hydrogen-bond donors (Lipinski definition) is 0. The van der Waals surface area contributed by atoms with E-state index < -0.39 is 7.25 Å². The molecule has 0 radical (unpaired) electrons. The summed E-state index contributed by atoms with van der Waals surface area (Å²) in [5, 5.41) is 0. The molecule has 0 N–H and O–H groups in total. The Kier molecular flexibility index (Phi) is 6.52. The lowest BCUT2D eigenvalue weighted by atomic mass is 10.2. The fourth-order valence-corrected chi connectivity index (χ4v) is 4.14. The number of rotatable bonds is 2. The van der Waals surface area contributed by atoms with Gasteiger partial charge in [0, 0.05) is 11.1 Å². The van der Waals surface area contributed by atoms with Crippen LogP contribution >= 0.6 is 0 Å². The molecule has 0 spiro atoms. The Balaban J connectivity index is 0.000000347. The second kappa shape index (κ2) is 7.66. The van der Waals surface area contributed by atoms with E-state index >= 15 is 0 Å². The first-order valence-electron chi connectivity index (χ1n) is 5.91. The fourth-order valence-electron chi connectivity index (χ4n) is 1.53. The van der Waals surface area contributed by atoms with Crippen molar-refractivity contribution >= 4 is 7.25 Å². The third kappa shape index (κ3) is 6.93. The molecular weight excluding hydrogens is 382 g/mol. The summed E-state index contributed by atoms with van der Waals surface area (Å²) < 4.78 is 42.1. The summed E-state index contributed by atoms with van der Waals surface area (Å²) in [6, 6.07) is 17.4. The van der Waals surface area contributed by atoms with Crippen LogP contribution in [-0.2, 0) is 0 Å². The van der Waals surface area contributed by atoms with E-state index in [1.165, 1.54) is 14.7 Å². The van der Waals surface area contributed by atoms with E-state index in [2.05, 4.69) is 62.4 Å². The molecule has 6 heteroatoms. The van der Waals surface area contributed by atoms with Crippen molar-refractivity contribution < 1.29 is 38.5 Å². The Morgan fingerprint density at radius 1 is 0.750 bits per heavy atom. The molecule has 0 aliphatic carbocycles. The largest absolute Gasteiger partial charge is 0.673 e. The summed E-state index contributed by atoms with van der Waals surface area (Å²) in [5.74, 6) is 0. The minimum Gasteiger partial charge on any atom is -0.418 e. The second-order valence-corrected chi connectivity index (χ2v) is 6.95. The summed E-state index contributed by atoms with van der Waals surface area (Å²) >= 11 is -0.0147. The predicted octanol–water partition coefficient (Wildman–Crippen LogP) is 1.73. The van der Waals surface area contributed by atoms with E-state index in [1.54, 1.807) is 3.57 Å². The Morgan fingerprint density at radius 2 is 1.20 bits per heavy atom. The van der Waals surface area contributed by atoms with Crippen LogP contribution in [0.3, 0.4) is 0 Å². The third-order valence-corrected chi connectivity index (χ3v) is 5.90. The molecule has 0 saturated heterocycles. The van der Waals surface area contributed by atoms with Gasteiger partial charge < -0.3 is 17.3 Å². The van der Waals surface area contributed by atoms with E-state index in [-0.39, 0.29) is 21.2 Å². The van der Waals surface area contributed by atoms with Crippen LogP contribution in [0.5, 0.6) is 0 Å². The monoisotopic (exact) mass is 396 g/mol. The molecule has 0 heterocycles. The Hall–Kier alpha value is -1.05. The van der Waals surface area contributed by atoms with Crippen molar-refractivity contribution in [3.63, 3.8) is 0 Å². The first-order chi connectivity index (χ1) is 9.27. The summed E-state index contributed by atoms with van der Waals surface area (Å²) in [6.07, 6.45) is 0. The Bertz CT molecular complexity index is 514. The summed E-state index contributed by atoms with van der Waals surface area (Å²) in [7, 11) is -6.00. The van der Waals surface area contributed by atoms with Gasteiger partial charge in [0.15, 0.2) is 7.14 Å². The first kappa shape index (κ1) is 17.0. The molecule has 0 amide bonds. The lowest BCUT2D eigenvalue weighted by Crippen LogP contribution is -3.62. The van der Waals surface area contributed by atoms with E-state index in [0.717, 1.165) is 0 Å². The van der Waals surface area contributed by atoms with Gasteiger partial charge in [-0.3, -0.25) is 0 Å². The SMILES string of the molecule is Cc1cccc(C)c1[I+]c1ccccc1.F[B-](F)(F)F. The van der Waals surface area contributed by atoms with Crippen molar-refractivity contribution in [3.8, 4) is 0 Å². The molecule has 0 aliphatic heterocycles. The van der Waals surface area contributed by atoms with Crippen molar-refractivity contribution in [1.82, 2.24) is 0 Å². The van der Waals surface area contributed by atoms with Gasteiger partial charge >= 0.3 is 28.5 Å². The van der Waals surface area contributed by atoms with Crippen LogP contribution in [0.1, 0.15) is 11.1 Å². The van der Waals surface area contributed by atoms with Crippen LogP contribution in [0.4, 0.5) is 17.3 Å². The zero-order valence-corrected chi connectivity index (χ0v) is 13.2. The number of benzene rings is 2. The van der Waals surface area contributed by atoms with Crippen LogP contribution in [0.2, 0.25) is 0 Å². The van der Waals surface area contributed by atoms with Crippen LogP contribution < -0.4 is 21.2 Å². The molecule has 0 bridgehead atoms. The maximum absolute atomic E-state index is 9.75. The van der Waals surface area contributed by atoms with E-state index in [4.69, 9.17) is 0 Å². The van der Waals surface area contributed by atoms with E-state index in [0.29, 0.717) is 0 Å². The zero-order valence-electron chi connectivity index (χ0n) is 11.1. The lowest BCUT2D eigenvalue weighted by molar-refractivity contribution is -0.598. The molecule has 0 unspecified atom stereocenters. The van der Waals surface area contributed by atoms with Crippen molar-refractivity contribution in [2.75, 3.05) is 0 Å². The molecule has 0 saturated carbocycles. The molecule has 2 aromatic rings. The van der Waals surface area contributed by atoms with Gasteiger partial charge in [-0.05, 0) is 26.0 Å². The van der Waals surface area contributed by atoms with Gasteiger partial charge in [0.1, 0.15) is 0 Å². The average Bonchev–Trinajstić information content (AvgIpc) is 2.33. The molecule has 0 atom stereocenters. The van der Waals surface area contributed by atoms with Gasteiger partial charge in [-0.25, -0.2) is 0 Å². The smallest absolute Gasteiger partial charge is 0.418 e. The van der Waals surface area contributed by atoms with Crippen molar-refractivity contribution in [2.45, 2.75) is 13.8 Å². The second-order valence-electron chi connectivity index (χ2n) is 4.09. The van der Waals surface area contributed by atoms with Gasteiger partial charge in [0.05, 0.1) is 0 Å². The maximum atomic E-state index is 9.75. The highest BCUT2D eigenvalue weighted by Gasteiger charge is 2.20. The zero-order chi connectivity index (χ0) is 15.2. The van der Waals surface area contributed by atoms with Crippen molar-refractivity contribution in [3.05, 3.63) is 66.8 Å². The highest BCUT2D eigenvalue weighted by Crippen LogP contribution is 2.06. The summed E-state index contributed by atoms with van der Waals surface area (Å²) in [5.41, 5.74) is 2.87. The normalized spacial score (nSPS) is 10.7. The van der Waals surface area contributed by atoms with Gasteiger partial charge in [0.2, 0.25) is 0 Å². The summed E-state index contributed by atoms with van der Waals surface area (Å²) in [6.45, 7) is 4.43. The quantitative estimate of drug-likeness (QED) is 0.413. The Labute approximate surface area is 126 Å². The topological polar surface area (TPSA) is 0 Å². The molecule has 20 heavy (non-hydrogen) atoms. The van der Waals surface area contributed by atoms with Crippen LogP contribution in [-0.4, -0.2) is 7.25 Å². The van der Waals surface area contributed by atoms with Crippen LogP contribution in [0.25, 0.3) is 0 Å². The van der Waals surface area contributed by atoms with E-state index in [1.807, 2.05) is 0 Å². The minimum atomic E-state index is -6.00. The highest BCUT2D eigenvalue weighted by molar-refractivity contribution is 6.50. The van der Waals surface area contributed by atoms with Crippen molar-refractivity contribution in [1.29, 1.82) is 0 Å². The number of halogens is 5. The van der Waals surface area contributed by atoms with E-state index in [9.17, 15) is 17.3 Å². The minimum absolute atomic E-state index is 0.0147. The average molecular weight is 396 g/mol. The third-order valence-electron chi connectivity index (χ3n) is 2.32. The van der Waals surface area contributed by atoms with Crippen LogP contribution in [0, 0.1) is 21.0 Å². The van der Waals surface area contributed by atoms with Crippen LogP contribution in [0.15, 0.2) is 48.5 Å². The molecule has 2 aromatic carbocycles. The van der Waals surface area contributed by atoms with Gasteiger partial charge in [-0.15, -0.1) is 0 Å². The maximum Gasteiger partial charge on any atom is 0.673 e. The lowest BCUT2D eigenvalue weighted by Gasteiger charge is -1.96. The highest BCUT2D eigenvalue weighted by atomic mass is 127. The fraction of sp³-hybridized carbons (Fsp3) is 0.143. The molecule has 0 aliphatic rings. The predicted molar refractivity (Wildman–Crippen MR) is 69.9 cm³/mol. The van der Waals surface area contributed by atoms with Gasteiger partial charge in [0.25, 0.3) is 0 Å². The molecular formula is C14H14BF4I. The molecule has 0 fully saturated rings. The number of aryl methyl sites for hydroxylation is 2. The molecule has 2 rings (SSSR count). The molecule has 108 valence electrons.